The third-order valence-electron chi connectivity index (χ3n) is 5.18. The number of piperidine rings is 1. The van der Waals surface area contributed by atoms with E-state index in [-0.39, 0.29) is 24.6 Å². The zero-order valence-corrected chi connectivity index (χ0v) is 17.9. The summed E-state index contributed by atoms with van der Waals surface area (Å²) in [4.78, 5) is 25.0. The number of hydrogen-bond donors (Lipinski definition) is 2. The Morgan fingerprint density at radius 3 is 2.53 bits per heavy atom. The first-order chi connectivity index (χ1) is 14.6. The molecule has 2 fully saturated rings. The van der Waals surface area contributed by atoms with E-state index in [1.165, 1.54) is 11.3 Å². The zero-order valence-electron chi connectivity index (χ0n) is 17.1. The number of benzene rings is 1. The van der Waals surface area contributed by atoms with Crippen LogP contribution in [0.3, 0.4) is 0 Å². The maximum Gasteiger partial charge on any atom is 0.290 e. The molecule has 1 unspecified atom stereocenters. The predicted octanol–water partition coefficient (Wildman–Crippen LogP) is 4.03. The molecule has 1 aromatic carbocycles. The topological polar surface area (TPSA) is 88.1 Å². The van der Waals surface area contributed by atoms with Crippen LogP contribution < -0.4 is 10.1 Å². The fourth-order valence-electron chi connectivity index (χ4n) is 3.55. The number of carbonyl (C=O) groups is 2. The zero-order chi connectivity index (χ0) is 21.3. The number of carboxylic acid groups (broad SMARTS) is 1. The number of thiophene rings is 1. The summed E-state index contributed by atoms with van der Waals surface area (Å²) < 4.78 is 11.8. The van der Waals surface area contributed by atoms with Crippen molar-refractivity contribution in [2.24, 2.45) is 0 Å². The number of nitrogens with one attached hydrogen (secondary N) is 1. The molecule has 4 rings (SSSR count). The quantitative estimate of drug-likeness (QED) is 0.694. The van der Waals surface area contributed by atoms with Crippen LogP contribution in [-0.2, 0) is 9.53 Å². The fourth-order valence-corrected chi connectivity index (χ4v) is 4.54. The third-order valence-corrected chi connectivity index (χ3v) is 6.35. The second kappa shape index (κ2) is 11.1. The molecule has 1 amide bonds. The Morgan fingerprint density at radius 1 is 1.20 bits per heavy atom. The van der Waals surface area contributed by atoms with E-state index in [2.05, 4.69) is 17.3 Å². The van der Waals surface area contributed by atoms with Crippen molar-refractivity contribution in [3.63, 3.8) is 0 Å². The molecular weight excluding hydrogens is 404 g/mol. The number of rotatable bonds is 5. The lowest BCUT2D eigenvalue weighted by Crippen LogP contribution is -2.35. The Labute approximate surface area is 180 Å². The van der Waals surface area contributed by atoms with Crippen molar-refractivity contribution in [2.75, 3.05) is 32.1 Å². The van der Waals surface area contributed by atoms with Gasteiger partial charge in [-0.15, -0.1) is 11.3 Å². The van der Waals surface area contributed by atoms with Crippen LogP contribution in [0.4, 0.5) is 5.69 Å². The molecule has 0 bridgehead atoms. The number of carbonyl (C=O) groups excluding carboxylic acids is 1. The van der Waals surface area contributed by atoms with Gasteiger partial charge in [0, 0.05) is 30.3 Å². The molecule has 162 valence electrons. The average Bonchev–Trinajstić information content (AvgIpc) is 3.43. The lowest BCUT2D eigenvalue weighted by atomic mass is 10.1. The van der Waals surface area contributed by atoms with Crippen molar-refractivity contribution >= 4 is 29.4 Å². The largest absolute Gasteiger partial charge is 0.490 e. The van der Waals surface area contributed by atoms with Gasteiger partial charge in [0.1, 0.15) is 11.9 Å². The van der Waals surface area contributed by atoms with E-state index in [4.69, 9.17) is 19.4 Å². The summed E-state index contributed by atoms with van der Waals surface area (Å²) >= 11 is 1.52. The van der Waals surface area contributed by atoms with Crippen molar-refractivity contribution in [2.45, 2.75) is 37.9 Å². The van der Waals surface area contributed by atoms with Crippen LogP contribution in [0.1, 0.15) is 46.3 Å². The predicted molar refractivity (Wildman–Crippen MR) is 116 cm³/mol. The molecule has 0 saturated carbocycles. The first kappa shape index (κ1) is 22.3. The van der Waals surface area contributed by atoms with E-state index < -0.39 is 0 Å². The minimum atomic E-state index is -0.250. The van der Waals surface area contributed by atoms with Crippen molar-refractivity contribution in [1.82, 2.24) is 4.90 Å². The minimum absolute atomic E-state index is 0.0757. The van der Waals surface area contributed by atoms with E-state index >= 15 is 0 Å². The molecule has 1 aromatic heterocycles. The summed E-state index contributed by atoms with van der Waals surface area (Å²) in [6.45, 7) is 2.72. The van der Waals surface area contributed by atoms with E-state index in [9.17, 15) is 4.79 Å². The summed E-state index contributed by atoms with van der Waals surface area (Å²) in [6.07, 6.45) is 4.69. The molecule has 0 radical (unpaired) electrons. The second-order valence-corrected chi connectivity index (χ2v) is 8.52. The summed E-state index contributed by atoms with van der Waals surface area (Å²) in [5.74, 6) is 0.785. The molecule has 30 heavy (non-hydrogen) atoms. The van der Waals surface area contributed by atoms with Crippen LogP contribution in [0.5, 0.6) is 5.75 Å². The molecule has 0 spiro atoms. The van der Waals surface area contributed by atoms with E-state index in [1.807, 2.05) is 36.4 Å². The number of amides is 1. The monoisotopic (exact) mass is 432 g/mol. The minimum Gasteiger partial charge on any atom is -0.490 e. The molecule has 2 saturated heterocycles. The molecule has 3 heterocycles. The van der Waals surface area contributed by atoms with Crippen LogP contribution >= 0.6 is 11.3 Å². The Morgan fingerprint density at radius 2 is 1.90 bits per heavy atom. The summed E-state index contributed by atoms with van der Waals surface area (Å²) in [5.41, 5.74) is 0.780. The Hall–Kier alpha value is -2.42. The van der Waals surface area contributed by atoms with Gasteiger partial charge in [-0.25, -0.2) is 0 Å². The molecule has 8 heteroatoms. The fraction of sp³-hybridized carbons (Fsp3) is 0.455. The molecule has 2 aliphatic heterocycles. The highest BCUT2D eigenvalue weighted by molar-refractivity contribution is 7.14. The van der Waals surface area contributed by atoms with Gasteiger partial charge in [0.15, 0.2) is 0 Å². The lowest BCUT2D eigenvalue weighted by Gasteiger charge is -2.29. The maximum absolute atomic E-state index is 12.5. The van der Waals surface area contributed by atoms with Crippen LogP contribution in [0.15, 0.2) is 36.4 Å². The van der Waals surface area contributed by atoms with Crippen molar-refractivity contribution in [1.29, 1.82) is 0 Å². The van der Waals surface area contributed by atoms with E-state index in [1.54, 1.807) is 0 Å². The third kappa shape index (κ3) is 6.29. The highest BCUT2D eigenvalue weighted by Gasteiger charge is 2.21. The highest BCUT2D eigenvalue weighted by Crippen LogP contribution is 2.33. The normalized spacial score (nSPS) is 19.6. The van der Waals surface area contributed by atoms with Crippen LogP contribution in [0, 0.1) is 0 Å². The van der Waals surface area contributed by atoms with Gasteiger partial charge in [-0.2, -0.15) is 0 Å². The molecule has 7 nitrogen and oxygen atoms in total. The van der Waals surface area contributed by atoms with Gasteiger partial charge in [0.2, 0.25) is 0 Å². The molecule has 0 aliphatic carbocycles. The lowest BCUT2D eigenvalue weighted by molar-refractivity contribution is -0.122. The van der Waals surface area contributed by atoms with Crippen LogP contribution in [0.2, 0.25) is 0 Å². The first-order valence-corrected chi connectivity index (χ1v) is 11.0. The Balaban J connectivity index is 0.000000806. The molecule has 1 atom stereocenters. The first-order valence-electron chi connectivity index (χ1n) is 10.1. The Bertz CT molecular complexity index is 809. The smallest absolute Gasteiger partial charge is 0.290 e. The van der Waals surface area contributed by atoms with Gasteiger partial charge in [-0.3, -0.25) is 9.59 Å². The van der Waals surface area contributed by atoms with Crippen LogP contribution in [-0.4, -0.2) is 55.2 Å². The maximum atomic E-state index is 12.5. The summed E-state index contributed by atoms with van der Waals surface area (Å²) in [6, 6.07) is 11.6. The van der Waals surface area contributed by atoms with E-state index in [0.717, 1.165) is 61.7 Å². The summed E-state index contributed by atoms with van der Waals surface area (Å²) in [7, 11) is 2.14. The SMILES string of the molecule is CN1CCC(Oc2ccc(NC(=O)c3ccc(C4CCCO4)s3)cc2)CC1.O=CO. The van der Waals surface area contributed by atoms with Gasteiger partial charge >= 0.3 is 0 Å². The molecule has 2 aliphatic rings. The van der Waals surface area contributed by atoms with Crippen LogP contribution in [0.25, 0.3) is 0 Å². The number of likely N-dealkylation sites (tertiary alicyclic amines) is 1. The van der Waals surface area contributed by atoms with Crippen molar-refractivity contribution in [3.05, 3.63) is 46.2 Å². The number of anilines is 1. The van der Waals surface area contributed by atoms with Gasteiger partial charge in [-0.05, 0) is 69.1 Å². The van der Waals surface area contributed by atoms with Crippen molar-refractivity contribution in [3.8, 4) is 5.75 Å². The standard InChI is InChI=1S/C21H26N2O3S.CH2O2/c1-23-12-10-17(11-13-23)26-16-6-4-15(5-7-16)22-21(24)20-9-8-19(27-20)18-3-2-14-25-18;2-1-3/h4-9,17-18H,2-3,10-14H2,1H3,(H,22,24);1H,(H,2,3). The van der Waals surface area contributed by atoms with Gasteiger partial charge in [0.25, 0.3) is 12.4 Å². The van der Waals surface area contributed by atoms with Crippen molar-refractivity contribution < 1.29 is 24.2 Å². The second-order valence-electron chi connectivity index (χ2n) is 7.41. The highest BCUT2D eigenvalue weighted by atomic mass is 32.1. The molecular formula is C22H28N2O5S. The molecule has 2 N–H and O–H groups in total. The number of nitrogens with zero attached hydrogens (tertiary/aromatic N) is 1. The summed E-state index contributed by atoms with van der Waals surface area (Å²) in [5, 5.41) is 9.86. The number of hydrogen-bond acceptors (Lipinski definition) is 6. The van der Waals surface area contributed by atoms with Gasteiger partial charge in [0.05, 0.1) is 11.0 Å². The molecule has 2 aromatic rings. The van der Waals surface area contributed by atoms with Gasteiger partial charge in [-0.1, -0.05) is 0 Å². The van der Waals surface area contributed by atoms with Gasteiger partial charge < -0.3 is 24.8 Å². The number of ether oxygens (including phenoxy) is 2. The Kier molecular flexibility index (Phi) is 8.24. The van der Waals surface area contributed by atoms with E-state index in [0.29, 0.717) is 4.88 Å². The average molecular weight is 433 g/mol.